The van der Waals surface area contributed by atoms with Crippen LogP contribution in [0.4, 0.5) is 18.0 Å². The first-order valence-electron chi connectivity index (χ1n) is 10.3. The van der Waals surface area contributed by atoms with E-state index in [0.717, 1.165) is 28.5 Å². The molecule has 0 aromatic heterocycles. The maximum absolute atomic E-state index is 12.8. The van der Waals surface area contributed by atoms with E-state index >= 15 is 0 Å². The summed E-state index contributed by atoms with van der Waals surface area (Å²) in [7, 11) is 0. The minimum absolute atomic E-state index is 0.0145. The van der Waals surface area contributed by atoms with Crippen molar-refractivity contribution in [1.82, 2.24) is 10.2 Å². The Kier molecular flexibility index (Phi) is 5.99. The second-order valence-electron chi connectivity index (χ2n) is 8.10. The van der Waals surface area contributed by atoms with E-state index in [1.807, 2.05) is 0 Å². The molecule has 3 N–H and O–H groups in total. The monoisotopic (exact) mass is 458 g/mol. The van der Waals surface area contributed by atoms with Gasteiger partial charge in [0.2, 0.25) is 0 Å². The normalized spacial score (nSPS) is 15.2. The molecular formula is C24H21F3N2O4. The summed E-state index contributed by atoms with van der Waals surface area (Å²) in [6.45, 7) is 0.649. The van der Waals surface area contributed by atoms with Crippen LogP contribution in [0.2, 0.25) is 0 Å². The first kappa shape index (κ1) is 22.6. The number of hydrogen-bond donors (Lipinski definition) is 3. The summed E-state index contributed by atoms with van der Waals surface area (Å²) in [4.78, 5) is 24.6. The third-order valence-corrected chi connectivity index (χ3v) is 5.75. The maximum atomic E-state index is 12.8. The van der Waals surface area contributed by atoms with Crippen LogP contribution in [-0.2, 0) is 6.18 Å². The third kappa shape index (κ3) is 4.93. The average Bonchev–Trinajstić information content (AvgIpc) is 2.74. The Hall–Kier alpha value is -3.59. The summed E-state index contributed by atoms with van der Waals surface area (Å²) >= 11 is 0. The van der Waals surface area contributed by atoms with E-state index < -0.39 is 30.0 Å². The van der Waals surface area contributed by atoms with Crippen molar-refractivity contribution < 1.29 is 33.0 Å². The van der Waals surface area contributed by atoms with Crippen molar-refractivity contribution in [3.63, 3.8) is 0 Å². The van der Waals surface area contributed by atoms with Gasteiger partial charge in [0, 0.05) is 18.7 Å². The molecule has 172 valence electrons. The number of likely N-dealkylation sites (tertiary alicyclic amines) is 1. The largest absolute Gasteiger partial charge is 0.465 e. The lowest BCUT2D eigenvalue weighted by molar-refractivity contribution is -0.137. The number of aliphatic hydroxyl groups is 1. The number of aliphatic hydroxyl groups excluding tert-OH is 1. The average molecular weight is 458 g/mol. The molecule has 3 aromatic rings. The summed E-state index contributed by atoms with van der Waals surface area (Å²) in [6, 6.07) is 15.2. The van der Waals surface area contributed by atoms with Crippen molar-refractivity contribution in [2.75, 3.05) is 13.1 Å². The predicted molar refractivity (Wildman–Crippen MR) is 116 cm³/mol. The van der Waals surface area contributed by atoms with Crippen molar-refractivity contribution >= 4 is 22.8 Å². The van der Waals surface area contributed by atoms with Crippen LogP contribution in [0, 0.1) is 5.92 Å². The molecule has 3 aromatic carbocycles. The Balaban J connectivity index is 1.47. The quantitative estimate of drug-likeness (QED) is 0.489. The fourth-order valence-corrected chi connectivity index (χ4v) is 4.00. The number of nitrogens with zero attached hydrogens (tertiary/aromatic N) is 1. The molecule has 6 nitrogen and oxygen atoms in total. The van der Waals surface area contributed by atoms with Gasteiger partial charge in [0.05, 0.1) is 5.56 Å². The highest BCUT2D eigenvalue weighted by Gasteiger charge is 2.32. The number of rotatable bonds is 5. The van der Waals surface area contributed by atoms with E-state index in [2.05, 4.69) is 5.32 Å². The minimum Gasteiger partial charge on any atom is -0.465 e. The Morgan fingerprint density at radius 2 is 1.76 bits per heavy atom. The summed E-state index contributed by atoms with van der Waals surface area (Å²) in [5.74, 6) is -0.488. The number of fused-ring (bicyclic) bond motifs is 1. The molecule has 0 unspecified atom stereocenters. The predicted octanol–water partition coefficient (Wildman–Crippen LogP) is 4.57. The van der Waals surface area contributed by atoms with Gasteiger partial charge < -0.3 is 20.4 Å². The van der Waals surface area contributed by atoms with Crippen LogP contribution in [0.5, 0.6) is 0 Å². The van der Waals surface area contributed by atoms with Gasteiger partial charge in [-0.05, 0) is 58.5 Å². The van der Waals surface area contributed by atoms with Gasteiger partial charge in [-0.15, -0.1) is 0 Å². The van der Waals surface area contributed by atoms with E-state index in [1.54, 1.807) is 36.4 Å². The van der Waals surface area contributed by atoms with Gasteiger partial charge in [-0.3, -0.25) is 4.79 Å². The topological polar surface area (TPSA) is 89.9 Å². The van der Waals surface area contributed by atoms with Crippen LogP contribution < -0.4 is 5.32 Å². The summed E-state index contributed by atoms with van der Waals surface area (Å²) in [5, 5.41) is 23.0. The van der Waals surface area contributed by atoms with Crippen LogP contribution >= 0.6 is 0 Å². The van der Waals surface area contributed by atoms with Gasteiger partial charge in [-0.1, -0.05) is 36.4 Å². The smallest absolute Gasteiger partial charge is 0.416 e. The van der Waals surface area contributed by atoms with Gasteiger partial charge in [-0.2, -0.15) is 13.2 Å². The molecule has 1 aliphatic rings. The molecule has 1 heterocycles. The van der Waals surface area contributed by atoms with Crippen LogP contribution in [-0.4, -0.2) is 46.4 Å². The molecule has 0 radical (unpaired) electrons. The second kappa shape index (κ2) is 8.74. The molecule has 9 heteroatoms. The highest BCUT2D eigenvalue weighted by Crippen LogP contribution is 2.33. The number of carbonyl (C=O) groups is 2. The molecule has 0 spiro atoms. The van der Waals surface area contributed by atoms with E-state index in [4.69, 9.17) is 5.11 Å². The van der Waals surface area contributed by atoms with Crippen molar-refractivity contribution in [2.24, 2.45) is 5.92 Å². The summed E-state index contributed by atoms with van der Waals surface area (Å²) < 4.78 is 38.5. The molecule has 1 saturated heterocycles. The Morgan fingerprint density at radius 3 is 2.39 bits per heavy atom. The zero-order chi connectivity index (χ0) is 23.8. The SMILES string of the molecule is O=C(N[C@H](O)CC1CN(C(=O)O)C1)c1ccc2c(-c3ccc(C(F)(F)F)cc3)cccc2c1. The molecule has 4 rings (SSSR count). The number of carbonyl (C=O) groups excluding carboxylic acids is 1. The molecular weight excluding hydrogens is 437 g/mol. The van der Waals surface area contributed by atoms with Crippen molar-refractivity contribution in [3.8, 4) is 11.1 Å². The van der Waals surface area contributed by atoms with Crippen molar-refractivity contribution in [1.29, 1.82) is 0 Å². The van der Waals surface area contributed by atoms with Gasteiger partial charge in [0.1, 0.15) is 6.23 Å². The first-order valence-corrected chi connectivity index (χ1v) is 10.3. The second-order valence-corrected chi connectivity index (χ2v) is 8.10. The van der Waals surface area contributed by atoms with Crippen LogP contribution in [0.15, 0.2) is 60.7 Å². The number of halogens is 3. The van der Waals surface area contributed by atoms with Crippen LogP contribution in [0.25, 0.3) is 21.9 Å². The lowest BCUT2D eigenvalue weighted by Gasteiger charge is -2.38. The number of nitrogens with one attached hydrogen (secondary N) is 1. The molecule has 1 atom stereocenters. The van der Waals surface area contributed by atoms with E-state index in [1.165, 1.54) is 17.0 Å². The lowest BCUT2D eigenvalue weighted by atomic mass is 9.95. The van der Waals surface area contributed by atoms with Gasteiger partial charge in [-0.25, -0.2) is 4.79 Å². The maximum Gasteiger partial charge on any atom is 0.416 e. The highest BCUT2D eigenvalue weighted by atomic mass is 19.4. The van der Waals surface area contributed by atoms with E-state index in [0.29, 0.717) is 24.2 Å². The Labute approximate surface area is 187 Å². The first-order chi connectivity index (χ1) is 15.6. The molecule has 2 amide bonds. The fourth-order valence-electron chi connectivity index (χ4n) is 4.00. The number of amides is 2. The van der Waals surface area contributed by atoms with Gasteiger partial charge >= 0.3 is 12.3 Å². The van der Waals surface area contributed by atoms with Crippen LogP contribution in [0.3, 0.4) is 0 Å². The number of hydrogen-bond acceptors (Lipinski definition) is 3. The third-order valence-electron chi connectivity index (χ3n) is 5.75. The minimum atomic E-state index is -4.40. The van der Waals surface area contributed by atoms with Gasteiger partial charge in [0.25, 0.3) is 5.91 Å². The molecule has 0 saturated carbocycles. The van der Waals surface area contributed by atoms with E-state index in [-0.39, 0.29) is 12.3 Å². The molecule has 0 bridgehead atoms. The van der Waals surface area contributed by atoms with Gasteiger partial charge in [0.15, 0.2) is 0 Å². The highest BCUT2D eigenvalue weighted by molar-refractivity contribution is 6.02. The Morgan fingerprint density at radius 1 is 1.06 bits per heavy atom. The summed E-state index contributed by atoms with van der Waals surface area (Å²) in [5.41, 5.74) is 0.965. The molecule has 33 heavy (non-hydrogen) atoms. The molecule has 1 aliphatic heterocycles. The van der Waals surface area contributed by atoms with Crippen LogP contribution in [0.1, 0.15) is 22.3 Å². The number of alkyl halides is 3. The number of carboxylic acid groups (broad SMARTS) is 1. The Bertz CT molecular complexity index is 1190. The van der Waals surface area contributed by atoms with Crippen molar-refractivity contribution in [3.05, 3.63) is 71.8 Å². The number of benzene rings is 3. The summed E-state index contributed by atoms with van der Waals surface area (Å²) in [6.07, 6.45) is -6.26. The molecule has 0 aliphatic carbocycles. The zero-order valence-electron chi connectivity index (χ0n) is 17.3. The van der Waals surface area contributed by atoms with Crippen molar-refractivity contribution in [2.45, 2.75) is 18.8 Å². The van der Waals surface area contributed by atoms with E-state index in [9.17, 15) is 27.9 Å². The molecule has 1 fully saturated rings. The standard InChI is InChI=1S/C24H21F3N2O4/c25-24(26,27)18-7-4-15(5-8-18)19-3-1-2-16-11-17(6-9-20(16)19)22(31)28-21(30)10-14-12-29(13-14)23(32)33/h1-9,11,14,21,30H,10,12-13H2,(H,28,31)(H,32,33)/t21-/m1/s1. The zero-order valence-corrected chi connectivity index (χ0v) is 17.3. The fraction of sp³-hybridized carbons (Fsp3) is 0.250. The lowest BCUT2D eigenvalue weighted by Crippen LogP contribution is -2.51.